The summed E-state index contributed by atoms with van der Waals surface area (Å²) in [5.74, 6) is 0.374. The molecule has 0 saturated heterocycles. The fraction of sp³-hybridized carbons (Fsp3) is 0.778. The normalized spacial score (nSPS) is 11.4. The molecule has 128 valence electrons. The molecule has 22 heavy (non-hydrogen) atoms. The number of unbranched alkanes of at least 4 members (excludes halogenated alkanes) is 2. The van der Waals surface area contributed by atoms with E-state index in [9.17, 15) is 9.59 Å². The molecule has 4 nitrogen and oxygen atoms in total. The predicted molar refractivity (Wildman–Crippen MR) is 88.4 cm³/mol. The second-order valence-electron chi connectivity index (χ2n) is 6.45. The van der Waals surface area contributed by atoms with Crippen molar-refractivity contribution < 1.29 is 19.1 Å². The first-order valence-corrected chi connectivity index (χ1v) is 8.43. The van der Waals surface area contributed by atoms with Crippen molar-refractivity contribution in [3.8, 4) is 0 Å². The zero-order valence-electron chi connectivity index (χ0n) is 14.6. The first kappa shape index (κ1) is 20.7. The Hall–Kier alpha value is -1.32. The Morgan fingerprint density at radius 3 is 1.41 bits per heavy atom. The highest BCUT2D eigenvalue weighted by atomic mass is 16.5. The van der Waals surface area contributed by atoms with Gasteiger partial charge in [-0.1, -0.05) is 40.5 Å². The first-order valence-electron chi connectivity index (χ1n) is 8.43. The number of rotatable bonds is 12. The van der Waals surface area contributed by atoms with Gasteiger partial charge in [-0.25, -0.2) is 9.59 Å². The summed E-state index contributed by atoms with van der Waals surface area (Å²) < 4.78 is 10.0. The molecule has 4 heteroatoms. The largest absolute Gasteiger partial charge is 0.463 e. The first-order chi connectivity index (χ1) is 10.4. The second kappa shape index (κ2) is 13.4. The van der Waals surface area contributed by atoms with Crippen LogP contribution in [0.3, 0.4) is 0 Å². The van der Waals surface area contributed by atoms with Crippen molar-refractivity contribution in [2.24, 2.45) is 11.8 Å². The van der Waals surface area contributed by atoms with E-state index in [0.717, 1.165) is 50.7 Å². The van der Waals surface area contributed by atoms with Gasteiger partial charge >= 0.3 is 11.9 Å². The Kier molecular flexibility index (Phi) is 12.5. The van der Waals surface area contributed by atoms with Crippen LogP contribution in [0, 0.1) is 11.8 Å². The lowest BCUT2D eigenvalue weighted by atomic mass is 10.1. The van der Waals surface area contributed by atoms with Crippen LogP contribution in [0.2, 0.25) is 0 Å². The molecule has 0 bridgehead atoms. The Morgan fingerprint density at radius 2 is 1.09 bits per heavy atom. The minimum Gasteiger partial charge on any atom is -0.463 e. The molecule has 0 aliphatic rings. The fourth-order valence-corrected chi connectivity index (χ4v) is 1.89. The number of hydrogen-bond donors (Lipinski definition) is 0. The molecule has 0 aromatic heterocycles. The molecule has 0 aromatic rings. The van der Waals surface area contributed by atoms with Gasteiger partial charge in [-0.15, -0.1) is 0 Å². The third-order valence-corrected chi connectivity index (χ3v) is 3.20. The maximum atomic E-state index is 11.4. The van der Waals surface area contributed by atoms with E-state index < -0.39 is 11.9 Å². The van der Waals surface area contributed by atoms with Gasteiger partial charge in [0, 0.05) is 12.2 Å². The monoisotopic (exact) mass is 312 g/mol. The number of carbonyl (C=O) groups is 2. The van der Waals surface area contributed by atoms with Crippen LogP contribution in [0.1, 0.15) is 66.2 Å². The van der Waals surface area contributed by atoms with Crippen molar-refractivity contribution in [1.82, 2.24) is 0 Å². The van der Waals surface area contributed by atoms with Crippen LogP contribution >= 0.6 is 0 Å². The smallest absolute Gasteiger partial charge is 0.331 e. The third kappa shape index (κ3) is 15.1. The summed E-state index contributed by atoms with van der Waals surface area (Å²) in [6.07, 6.45) is 8.36. The van der Waals surface area contributed by atoms with Crippen molar-refractivity contribution in [3.05, 3.63) is 12.2 Å². The Labute approximate surface area is 135 Å². The molecule has 0 aliphatic carbocycles. The Bertz CT molecular complexity index is 300. The van der Waals surface area contributed by atoms with Gasteiger partial charge in [-0.2, -0.15) is 0 Å². The van der Waals surface area contributed by atoms with E-state index in [1.54, 1.807) is 0 Å². The maximum absolute atomic E-state index is 11.4. The third-order valence-electron chi connectivity index (χ3n) is 3.20. The van der Waals surface area contributed by atoms with Gasteiger partial charge in [0.05, 0.1) is 13.2 Å². The van der Waals surface area contributed by atoms with Crippen molar-refractivity contribution in [2.45, 2.75) is 66.2 Å². The zero-order valence-corrected chi connectivity index (χ0v) is 14.6. The predicted octanol–water partition coefficient (Wildman–Crippen LogP) is 4.28. The summed E-state index contributed by atoms with van der Waals surface area (Å²) in [6.45, 7) is 9.49. The van der Waals surface area contributed by atoms with Gasteiger partial charge in [0.15, 0.2) is 0 Å². The van der Waals surface area contributed by atoms with E-state index in [0.29, 0.717) is 25.0 Å². The number of esters is 2. The summed E-state index contributed by atoms with van der Waals surface area (Å²) in [7, 11) is 0. The van der Waals surface area contributed by atoms with Crippen molar-refractivity contribution in [3.63, 3.8) is 0 Å². The van der Waals surface area contributed by atoms with Crippen LogP contribution in [-0.2, 0) is 19.1 Å². The van der Waals surface area contributed by atoms with Crippen LogP contribution in [0.25, 0.3) is 0 Å². The fourth-order valence-electron chi connectivity index (χ4n) is 1.89. The molecular formula is C18H32O4. The Morgan fingerprint density at radius 1 is 0.727 bits per heavy atom. The van der Waals surface area contributed by atoms with Gasteiger partial charge in [0.25, 0.3) is 0 Å². The molecule has 0 saturated carbocycles. The van der Waals surface area contributed by atoms with Gasteiger partial charge in [-0.3, -0.25) is 0 Å². The van der Waals surface area contributed by atoms with E-state index in [1.165, 1.54) is 0 Å². The molecule has 0 rings (SSSR count). The highest BCUT2D eigenvalue weighted by Crippen LogP contribution is 2.07. The van der Waals surface area contributed by atoms with E-state index in [-0.39, 0.29) is 0 Å². The average molecular weight is 312 g/mol. The maximum Gasteiger partial charge on any atom is 0.331 e. The van der Waals surface area contributed by atoms with Crippen LogP contribution in [0.4, 0.5) is 0 Å². The molecular weight excluding hydrogens is 280 g/mol. The summed E-state index contributed by atoms with van der Waals surface area (Å²) in [5.41, 5.74) is 0. The lowest BCUT2D eigenvalue weighted by Gasteiger charge is -2.05. The molecule has 0 N–H and O–H groups in total. The van der Waals surface area contributed by atoms with Gasteiger partial charge in [0.2, 0.25) is 0 Å². The van der Waals surface area contributed by atoms with Crippen LogP contribution < -0.4 is 0 Å². The van der Waals surface area contributed by atoms with Crippen LogP contribution in [-0.4, -0.2) is 25.2 Å². The number of hydrogen-bond acceptors (Lipinski definition) is 4. The summed E-state index contributed by atoms with van der Waals surface area (Å²) in [4.78, 5) is 22.8. The van der Waals surface area contributed by atoms with Crippen molar-refractivity contribution in [2.75, 3.05) is 13.2 Å². The SMILES string of the molecule is CC(C)CCCCOC(=O)/C=C\C(=O)OCCCCC(C)C. The summed E-state index contributed by atoms with van der Waals surface area (Å²) in [5, 5.41) is 0. The van der Waals surface area contributed by atoms with Gasteiger partial charge in [-0.05, 0) is 37.5 Å². The lowest BCUT2D eigenvalue weighted by Crippen LogP contribution is -2.06. The van der Waals surface area contributed by atoms with E-state index in [2.05, 4.69) is 27.7 Å². The molecule has 0 fully saturated rings. The second-order valence-corrected chi connectivity index (χ2v) is 6.45. The molecule has 0 atom stereocenters. The molecule has 0 aromatic carbocycles. The topological polar surface area (TPSA) is 52.6 Å². The number of ether oxygens (including phenoxy) is 2. The van der Waals surface area contributed by atoms with Gasteiger partial charge in [0.1, 0.15) is 0 Å². The molecule has 0 amide bonds. The van der Waals surface area contributed by atoms with Crippen LogP contribution in [0.5, 0.6) is 0 Å². The lowest BCUT2D eigenvalue weighted by molar-refractivity contribution is -0.140. The summed E-state index contributed by atoms with van der Waals surface area (Å²) >= 11 is 0. The average Bonchev–Trinajstić information content (AvgIpc) is 2.43. The van der Waals surface area contributed by atoms with Crippen molar-refractivity contribution in [1.29, 1.82) is 0 Å². The molecule has 0 unspecified atom stereocenters. The molecule has 0 radical (unpaired) electrons. The van der Waals surface area contributed by atoms with Crippen molar-refractivity contribution >= 4 is 11.9 Å². The standard InChI is InChI=1S/C18H32O4/c1-15(2)9-5-7-13-21-17(19)11-12-18(20)22-14-8-6-10-16(3)4/h11-12,15-16H,5-10,13-14H2,1-4H3/b12-11-. The van der Waals surface area contributed by atoms with Gasteiger partial charge < -0.3 is 9.47 Å². The van der Waals surface area contributed by atoms with E-state index in [1.807, 2.05) is 0 Å². The van der Waals surface area contributed by atoms with Crippen LogP contribution in [0.15, 0.2) is 12.2 Å². The molecule has 0 heterocycles. The molecule has 0 spiro atoms. The highest BCUT2D eigenvalue weighted by Gasteiger charge is 2.02. The highest BCUT2D eigenvalue weighted by molar-refractivity contribution is 5.91. The minimum atomic E-state index is -0.485. The Balaban J connectivity index is 3.59. The van der Waals surface area contributed by atoms with E-state index >= 15 is 0 Å². The zero-order chi connectivity index (χ0) is 16.8. The number of carbonyl (C=O) groups excluding carboxylic acids is 2. The quantitative estimate of drug-likeness (QED) is 0.306. The summed E-state index contributed by atoms with van der Waals surface area (Å²) in [6, 6.07) is 0. The minimum absolute atomic E-state index is 0.403. The van der Waals surface area contributed by atoms with E-state index in [4.69, 9.17) is 9.47 Å². The molecule has 0 aliphatic heterocycles.